The standard InChI is InChI=1S/C18H19NO5S/c1-11-2-5-13(6-3-11)25(21,22)17-16(18(17,19)9-20)12-4-7-14-15(8-12)24-10-23-14/h2-8,16-17,20H,9-10,19H2,1H3/t16-,17-,18+/m1/s1. The first-order chi connectivity index (χ1) is 11.9. The number of aryl methyl sites for hydroxylation is 1. The Labute approximate surface area is 146 Å². The van der Waals surface area contributed by atoms with Crippen LogP contribution in [0, 0.1) is 6.92 Å². The third-order valence-electron chi connectivity index (χ3n) is 5.02. The predicted molar refractivity (Wildman–Crippen MR) is 91.5 cm³/mol. The Morgan fingerprint density at radius 2 is 1.84 bits per heavy atom. The number of sulfone groups is 1. The fourth-order valence-electron chi connectivity index (χ4n) is 3.55. The van der Waals surface area contributed by atoms with Crippen LogP contribution in [0.15, 0.2) is 47.4 Å². The third-order valence-corrected chi connectivity index (χ3v) is 7.32. The van der Waals surface area contributed by atoms with Crippen molar-refractivity contribution in [2.24, 2.45) is 5.73 Å². The van der Waals surface area contributed by atoms with Crippen LogP contribution in [0.2, 0.25) is 0 Å². The Balaban J connectivity index is 1.73. The SMILES string of the molecule is Cc1ccc(S(=O)(=O)[C@@H]2[C@@H](c3ccc4c(c3)OCO4)[C@@]2(N)CO)cc1. The van der Waals surface area contributed by atoms with Gasteiger partial charge in [0.05, 0.1) is 22.3 Å². The summed E-state index contributed by atoms with van der Waals surface area (Å²) in [6, 6.07) is 11.9. The van der Waals surface area contributed by atoms with Crippen molar-refractivity contribution in [2.45, 2.75) is 28.5 Å². The van der Waals surface area contributed by atoms with Crippen LogP contribution in [0.3, 0.4) is 0 Å². The molecule has 1 aliphatic heterocycles. The average Bonchev–Trinajstić information content (AvgIpc) is 2.99. The van der Waals surface area contributed by atoms with Crippen molar-refractivity contribution in [1.29, 1.82) is 0 Å². The minimum absolute atomic E-state index is 0.141. The molecular formula is C18H19NO5S. The van der Waals surface area contributed by atoms with Gasteiger partial charge in [-0.2, -0.15) is 0 Å². The second kappa shape index (κ2) is 5.45. The monoisotopic (exact) mass is 361 g/mol. The van der Waals surface area contributed by atoms with Gasteiger partial charge in [0, 0.05) is 5.92 Å². The summed E-state index contributed by atoms with van der Waals surface area (Å²) >= 11 is 0. The lowest BCUT2D eigenvalue weighted by Crippen LogP contribution is -2.35. The van der Waals surface area contributed by atoms with Gasteiger partial charge in [0.2, 0.25) is 6.79 Å². The summed E-state index contributed by atoms with van der Waals surface area (Å²) in [5.41, 5.74) is 6.75. The Kier molecular flexibility index (Phi) is 3.57. The molecule has 0 aromatic heterocycles. The van der Waals surface area contributed by atoms with E-state index in [1.807, 2.05) is 6.92 Å². The molecule has 2 aromatic rings. The van der Waals surface area contributed by atoms with Crippen LogP contribution in [0.1, 0.15) is 17.0 Å². The van der Waals surface area contributed by atoms with Crippen LogP contribution in [0.5, 0.6) is 11.5 Å². The van der Waals surface area contributed by atoms with Gasteiger partial charge < -0.3 is 20.3 Å². The van der Waals surface area contributed by atoms with Crippen LogP contribution in [-0.2, 0) is 9.84 Å². The molecule has 1 aliphatic carbocycles. The number of benzene rings is 2. The summed E-state index contributed by atoms with van der Waals surface area (Å²) in [4.78, 5) is 0.217. The van der Waals surface area contributed by atoms with E-state index < -0.39 is 33.2 Å². The Morgan fingerprint density at radius 1 is 1.16 bits per heavy atom. The fraction of sp³-hybridized carbons (Fsp3) is 0.333. The van der Waals surface area contributed by atoms with Crippen LogP contribution >= 0.6 is 0 Å². The molecule has 3 N–H and O–H groups in total. The first-order valence-electron chi connectivity index (χ1n) is 7.98. The summed E-state index contributed by atoms with van der Waals surface area (Å²) in [6.07, 6.45) is 0. The van der Waals surface area contributed by atoms with E-state index in [9.17, 15) is 13.5 Å². The average molecular weight is 361 g/mol. The number of aliphatic hydroxyl groups excluding tert-OH is 1. The van der Waals surface area contributed by atoms with E-state index in [0.717, 1.165) is 11.1 Å². The number of aliphatic hydroxyl groups is 1. The van der Waals surface area contributed by atoms with E-state index in [1.54, 1.807) is 42.5 Å². The maximum absolute atomic E-state index is 13.1. The van der Waals surface area contributed by atoms with E-state index in [-0.39, 0.29) is 11.7 Å². The van der Waals surface area contributed by atoms with Gasteiger partial charge in [-0.25, -0.2) is 8.42 Å². The molecule has 6 nitrogen and oxygen atoms in total. The number of ether oxygens (including phenoxy) is 2. The van der Waals surface area contributed by atoms with Gasteiger partial charge in [0.15, 0.2) is 21.3 Å². The summed E-state index contributed by atoms with van der Waals surface area (Å²) in [7, 11) is -3.67. The molecule has 7 heteroatoms. The van der Waals surface area contributed by atoms with Gasteiger partial charge in [0.25, 0.3) is 0 Å². The Morgan fingerprint density at radius 3 is 2.52 bits per heavy atom. The van der Waals surface area contributed by atoms with Crippen molar-refractivity contribution in [2.75, 3.05) is 13.4 Å². The Hall–Kier alpha value is -2.09. The smallest absolute Gasteiger partial charge is 0.231 e. The molecule has 4 rings (SSSR count). The zero-order chi connectivity index (χ0) is 17.8. The molecule has 0 spiro atoms. The normalized spacial score (nSPS) is 27.3. The number of rotatable bonds is 4. The number of nitrogens with two attached hydrogens (primary N) is 1. The number of hydrogen-bond acceptors (Lipinski definition) is 6. The summed E-state index contributed by atoms with van der Waals surface area (Å²) in [6.45, 7) is 1.62. The van der Waals surface area contributed by atoms with Crippen molar-refractivity contribution < 1.29 is 23.0 Å². The molecular weight excluding hydrogens is 342 g/mol. The summed E-state index contributed by atoms with van der Waals surface area (Å²) in [5, 5.41) is 8.89. The van der Waals surface area contributed by atoms with Gasteiger partial charge in [-0.05, 0) is 36.8 Å². The summed E-state index contributed by atoms with van der Waals surface area (Å²) < 4.78 is 36.7. The molecule has 25 heavy (non-hydrogen) atoms. The highest BCUT2D eigenvalue weighted by molar-refractivity contribution is 7.92. The third kappa shape index (κ3) is 2.42. The van der Waals surface area contributed by atoms with E-state index in [4.69, 9.17) is 15.2 Å². The molecule has 3 atom stereocenters. The zero-order valence-corrected chi connectivity index (χ0v) is 14.5. The van der Waals surface area contributed by atoms with Gasteiger partial charge in [-0.15, -0.1) is 0 Å². The second-order valence-corrected chi connectivity index (χ2v) is 8.71. The quantitative estimate of drug-likeness (QED) is 0.853. The maximum atomic E-state index is 13.1. The molecule has 2 aliphatic rings. The number of hydrogen-bond donors (Lipinski definition) is 2. The largest absolute Gasteiger partial charge is 0.454 e. The van der Waals surface area contributed by atoms with Gasteiger partial charge >= 0.3 is 0 Å². The Bertz CT molecular complexity index is 925. The molecule has 1 fully saturated rings. The molecule has 1 heterocycles. The van der Waals surface area contributed by atoms with Gasteiger partial charge in [-0.1, -0.05) is 23.8 Å². The van der Waals surface area contributed by atoms with Crippen molar-refractivity contribution in [3.8, 4) is 11.5 Å². The molecule has 0 unspecified atom stereocenters. The highest BCUT2D eigenvalue weighted by atomic mass is 32.2. The second-order valence-electron chi connectivity index (χ2n) is 6.64. The van der Waals surface area contributed by atoms with Gasteiger partial charge in [-0.3, -0.25) is 0 Å². The lowest BCUT2D eigenvalue weighted by atomic mass is 10.1. The fourth-order valence-corrected chi connectivity index (χ4v) is 5.84. The van der Waals surface area contributed by atoms with Crippen LogP contribution in [-0.4, -0.2) is 37.7 Å². The first kappa shape index (κ1) is 16.4. The lowest BCUT2D eigenvalue weighted by molar-refractivity contribution is 0.174. The molecule has 2 aromatic carbocycles. The minimum atomic E-state index is -3.67. The predicted octanol–water partition coefficient (Wildman–Crippen LogP) is 1.35. The van der Waals surface area contributed by atoms with Crippen LogP contribution < -0.4 is 15.2 Å². The highest BCUT2D eigenvalue weighted by Crippen LogP contribution is 2.56. The highest BCUT2D eigenvalue weighted by Gasteiger charge is 2.69. The zero-order valence-electron chi connectivity index (χ0n) is 13.7. The molecule has 0 bridgehead atoms. The molecule has 1 saturated carbocycles. The van der Waals surface area contributed by atoms with Crippen LogP contribution in [0.4, 0.5) is 0 Å². The van der Waals surface area contributed by atoms with Crippen molar-refractivity contribution >= 4 is 9.84 Å². The molecule has 0 amide bonds. The number of fused-ring (bicyclic) bond motifs is 1. The van der Waals surface area contributed by atoms with Gasteiger partial charge in [0.1, 0.15) is 0 Å². The summed E-state index contributed by atoms with van der Waals surface area (Å²) in [5.74, 6) is 0.684. The van der Waals surface area contributed by atoms with E-state index in [2.05, 4.69) is 0 Å². The van der Waals surface area contributed by atoms with E-state index in [1.165, 1.54) is 0 Å². The molecule has 132 valence electrons. The molecule has 0 radical (unpaired) electrons. The minimum Gasteiger partial charge on any atom is -0.454 e. The molecule has 0 saturated heterocycles. The lowest BCUT2D eigenvalue weighted by Gasteiger charge is -2.08. The van der Waals surface area contributed by atoms with E-state index >= 15 is 0 Å². The van der Waals surface area contributed by atoms with Crippen molar-refractivity contribution in [3.05, 3.63) is 53.6 Å². The maximum Gasteiger partial charge on any atom is 0.231 e. The van der Waals surface area contributed by atoms with Crippen LogP contribution in [0.25, 0.3) is 0 Å². The topological polar surface area (TPSA) is 98.9 Å². The van der Waals surface area contributed by atoms with Crippen molar-refractivity contribution in [1.82, 2.24) is 0 Å². The first-order valence-corrected chi connectivity index (χ1v) is 9.52. The van der Waals surface area contributed by atoms with E-state index in [0.29, 0.717) is 11.5 Å². The van der Waals surface area contributed by atoms with Crippen molar-refractivity contribution in [3.63, 3.8) is 0 Å².